The molecule has 0 radical (unpaired) electrons. The zero-order valence-electron chi connectivity index (χ0n) is 6.50. The minimum atomic E-state index is -0.879. The number of Topliss-reactive ketones (excluding diaryl/α,β-unsaturated/α-hetero) is 2. The van der Waals surface area contributed by atoms with Crippen molar-refractivity contribution < 1.29 is 14.4 Å². The smallest absolute Gasteiger partial charge is 0.299 e. The monoisotopic (exact) mass is 170 g/mol. The number of nitrogens with one attached hydrogen (secondary N) is 1. The molecule has 0 heterocycles. The van der Waals surface area contributed by atoms with Gasteiger partial charge in [-0.15, -0.1) is 0 Å². The van der Waals surface area contributed by atoms with Crippen molar-refractivity contribution in [2.75, 3.05) is 0 Å². The van der Waals surface area contributed by atoms with Crippen molar-refractivity contribution in [3.8, 4) is 0 Å². The molecular formula is C7H10N2O3. The molecule has 1 rings (SSSR count). The molecule has 5 heteroatoms. The average Bonchev–Trinajstić information content (AvgIpc) is 2.48. The van der Waals surface area contributed by atoms with E-state index in [-0.39, 0.29) is 5.78 Å². The number of carbonyl (C=O) groups is 3. The number of rotatable bonds is 2. The van der Waals surface area contributed by atoms with Crippen LogP contribution in [0.1, 0.15) is 19.3 Å². The Labute approximate surface area is 69.3 Å². The van der Waals surface area contributed by atoms with Crippen LogP contribution >= 0.6 is 0 Å². The van der Waals surface area contributed by atoms with Gasteiger partial charge < -0.3 is 0 Å². The summed E-state index contributed by atoms with van der Waals surface area (Å²) < 4.78 is 0. The second-order valence-corrected chi connectivity index (χ2v) is 2.75. The number of hydrogen-bond acceptors (Lipinski definition) is 4. The van der Waals surface area contributed by atoms with Crippen LogP contribution in [0.4, 0.5) is 0 Å². The highest BCUT2D eigenvalue weighted by atomic mass is 16.2. The maximum absolute atomic E-state index is 11.1. The summed E-state index contributed by atoms with van der Waals surface area (Å²) in [6, 6.07) is 0. The molecular weight excluding hydrogens is 160 g/mol. The fraction of sp³-hybridized carbons (Fsp3) is 0.571. The van der Waals surface area contributed by atoms with Gasteiger partial charge in [0.25, 0.3) is 0 Å². The average molecular weight is 170 g/mol. The van der Waals surface area contributed by atoms with E-state index in [2.05, 4.69) is 0 Å². The van der Waals surface area contributed by atoms with Gasteiger partial charge in [-0.3, -0.25) is 19.8 Å². The van der Waals surface area contributed by atoms with Crippen molar-refractivity contribution in [1.82, 2.24) is 5.43 Å². The third-order valence-corrected chi connectivity index (χ3v) is 1.98. The molecule has 1 aliphatic rings. The van der Waals surface area contributed by atoms with E-state index in [1.807, 2.05) is 0 Å². The highest BCUT2D eigenvalue weighted by Crippen LogP contribution is 2.21. The molecule has 0 aliphatic heterocycles. The maximum atomic E-state index is 11.1. The molecule has 5 nitrogen and oxygen atoms in total. The molecule has 1 fully saturated rings. The van der Waals surface area contributed by atoms with Gasteiger partial charge in [-0.2, -0.15) is 0 Å². The van der Waals surface area contributed by atoms with Crippen LogP contribution in [0.15, 0.2) is 0 Å². The summed E-state index contributed by atoms with van der Waals surface area (Å²) in [5, 5.41) is 0. The molecule has 1 atom stereocenters. The van der Waals surface area contributed by atoms with Crippen molar-refractivity contribution in [2.24, 2.45) is 11.8 Å². The van der Waals surface area contributed by atoms with Crippen molar-refractivity contribution in [1.29, 1.82) is 0 Å². The van der Waals surface area contributed by atoms with Crippen LogP contribution in [0.5, 0.6) is 0 Å². The Bertz CT molecular complexity index is 237. The quantitative estimate of drug-likeness (QED) is 0.181. The SMILES string of the molecule is NNC(=O)C(=O)C1CCCC1=O. The number of carbonyl (C=O) groups excluding carboxylic acids is 3. The first-order valence-electron chi connectivity index (χ1n) is 3.74. The first-order valence-corrected chi connectivity index (χ1v) is 3.74. The lowest BCUT2D eigenvalue weighted by atomic mass is 10.0. The van der Waals surface area contributed by atoms with Crippen LogP contribution in [0.25, 0.3) is 0 Å². The van der Waals surface area contributed by atoms with Crippen molar-refractivity contribution >= 4 is 17.5 Å². The summed E-state index contributed by atoms with van der Waals surface area (Å²) in [6.45, 7) is 0. The van der Waals surface area contributed by atoms with E-state index < -0.39 is 17.6 Å². The first kappa shape index (κ1) is 8.86. The third kappa shape index (κ3) is 1.50. The summed E-state index contributed by atoms with van der Waals surface area (Å²) >= 11 is 0. The van der Waals surface area contributed by atoms with Gasteiger partial charge >= 0.3 is 5.91 Å². The van der Waals surface area contributed by atoms with Crippen LogP contribution in [-0.2, 0) is 14.4 Å². The molecule has 1 amide bonds. The molecule has 1 saturated carbocycles. The summed E-state index contributed by atoms with van der Waals surface area (Å²) in [5.41, 5.74) is 1.72. The zero-order chi connectivity index (χ0) is 9.14. The van der Waals surface area contributed by atoms with Gasteiger partial charge in [0.15, 0.2) is 0 Å². The van der Waals surface area contributed by atoms with Gasteiger partial charge in [-0.25, -0.2) is 5.84 Å². The second kappa shape index (κ2) is 3.44. The van der Waals surface area contributed by atoms with E-state index in [9.17, 15) is 14.4 Å². The molecule has 0 aromatic heterocycles. The predicted octanol–water partition coefficient (Wildman–Crippen LogP) is -1.09. The standard InChI is InChI=1S/C7H10N2O3/c8-9-7(12)6(11)4-2-1-3-5(4)10/h4H,1-3,8H2,(H,9,12). The molecule has 0 bridgehead atoms. The Morgan fingerprint density at radius 2 is 2.17 bits per heavy atom. The van der Waals surface area contributed by atoms with E-state index in [1.165, 1.54) is 0 Å². The number of nitrogens with two attached hydrogens (primary N) is 1. The molecule has 1 aliphatic carbocycles. The van der Waals surface area contributed by atoms with Gasteiger partial charge in [0, 0.05) is 6.42 Å². The van der Waals surface area contributed by atoms with Gasteiger partial charge in [0.2, 0.25) is 5.78 Å². The van der Waals surface area contributed by atoms with Gasteiger partial charge in [0.1, 0.15) is 5.78 Å². The van der Waals surface area contributed by atoms with E-state index in [0.29, 0.717) is 19.3 Å². The van der Waals surface area contributed by atoms with Crippen LogP contribution in [0, 0.1) is 5.92 Å². The molecule has 0 aromatic rings. The Hall–Kier alpha value is -1.23. The largest absolute Gasteiger partial charge is 0.302 e. The van der Waals surface area contributed by atoms with E-state index >= 15 is 0 Å². The summed E-state index contributed by atoms with van der Waals surface area (Å²) in [5.74, 6) is 2.28. The number of hydrogen-bond donors (Lipinski definition) is 2. The normalized spacial score (nSPS) is 22.4. The van der Waals surface area contributed by atoms with E-state index in [1.54, 1.807) is 5.43 Å². The number of ketones is 2. The van der Waals surface area contributed by atoms with Crippen LogP contribution in [0.2, 0.25) is 0 Å². The third-order valence-electron chi connectivity index (χ3n) is 1.98. The van der Waals surface area contributed by atoms with Gasteiger partial charge in [-0.05, 0) is 12.8 Å². The molecule has 0 saturated heterocycles. The minimum Gasteiger partial charge on any atom is -0.299 e. The van der Waals surface area contributed by atoms with Crippen LogP contribution < -0.4 is 11.3 Å². The molecule has 12 heavy (non-hydrogen) atoms. The molecule has 0 aromatic carbocycles. The number of hydrazine groups is 1. The summed E-state index contributed by atoms with van der Waals surface area (Å²) in [4.78, 5) is 32.8. The molecule has 1 unspecified atom stereocenters. The number of amides is 1. The van der Waals surface area contributed by atoms with E-state index in [0.717, 1.165) is 0 Å². The fourth-order valence-electron chi connectivity index (χ4n) is 1.32. The Morgan fingerprint density at radius 1 is 1.50 bits per heavy atom. The summed E-state index contributed by atoms with van der Waals surface area (Å²) in [6.07, 6.45) is 1.56. The highest BCUT2D eigenvalue weighted by molar-refractivity contribution is 6.40. The van der Waals surface area contributed by atoms with Gasteiger partial charge in [0.05, 0.1) is 5.92 Å². The van der Waals surface area contributed by atoms with Crippen LogP contribution in [-0.4, -0.2) is 17.5 Å². The Kier molecular flexibility index (Phi) is 2.54. The molecule has 0 spiro atoms. The molecule has 66 valence electrons. The lowest BCUT2D eigenvalue weighted by molar-refractivity contribution is -0.142. The lowest BCUT2D eigenvalue weighted by Crippen LogP contribution is -2.40. The van der Waals surface area contributed by atoms with Crippen molar-refractivity contribution in [3.05, 3.63) is 0 Å². The maximum Gasteiger partial charge on any atom is 0.302 e. The Balaban J connectivity index is 2.63. The zero-order valence-corrected chi connectivity index (χ0v) is 6.50. The van der Waals surface area contributed by atoms with Gasteiger partial charge in [-0.1, -0.05) is 0 Å². The Morgan fingerprint density at radius 3 is 2.58 bits per heavy atom. The minimum absolute atomic E-state index is 0.149. The fourth-order valence-corrected chi connectivity index (χ4v) is 1.32. The van der Waals surface area contributed by atoms with Crippen molar-refractivity contribution in [2.45, 2.75) is 19.3 Å². The predicted molar refractivity (Wildman–Crippen MR) is 39.7 cm³/mol. The van der Waals surface area contributed by atoms with Crippen molar-refractivity contribution in [3.63, 3.8) is 0 Å². The van der Waals surface area contributed by atoms with E-state index in [4.69, 9.17) is 5.84 Å². The lowest BCUT2D eigenvalue weighted by Gasteiger charge is -2.03. The topological polar surface area (TPSA) is 89.3 Å². The van der Waals surface area contributed by atoms with Crippen LogP contribution in [0.3, 0.4) is 0 Å². The summed E-state index contributed by atoms with van der Waals surface area (Å²) in [7, 11) is 0. The highest BCUT2D eigenvalue weighted by Gasteiger charge is 2.34. The molecule has 3 N–H and O–H groups in total. The second-order valence-electron chi connectivity index (χ2n) is 2.75. The first-order chi connectivity index (χ1) is 5.66.